The van der Waals surface area contributed by atoms with Crippen molar-refractivity contribution in [3.8, 4) is 0 Å². The number of unbranched alkanes of at least 4 members (excludes halogenated alkanes) is 2. The van der Waals surface area contributed by atoms with Crippen molar-refractivity contribution in [2.24, 2.45) is 0 Å². The number of halogens is 4. The van der Waals surface area contributed by atoms with E-state index in [0.29, 0.717) is 13.0 Å². The third-order valence-corrected chi connectivity index (χ3v) is 3.48. The van der Waals surface area contributed by atoms with Gasteiger partial charge < -0.3 is 10.6 Å². The molecule has 2 N–H and O–H groups in total. The van der Waals surface area contributed by atoms with E-state index in [4.69, 9.17) is 46.4 Å². The van der Waals surface area contributed by atoms with E-state index in [2.05, 4.69) is 17.6 Å². The van der Waals surface area contributed by atoms with Gasteiger partial charge in [0.15, 0.2) is 9.67 Å². The Morgan fingerprint density at radius 3 is 2.05 bits per heavy atom. The van der Waals surface area contributed by atoms with Crippen molar-refractivity contribution in [1.29, 1.82) is 0 Å². The van der Waals surface area contributed by atoms with Crippen LogP contribution in [-0.2, 0) is 9.59 Å². The molecule has 0 saturated carbocycles. The van der Waals surface area contributed by atoms with Gasteiger partial charge in [-0.05, 0) is 12.8 Å². The summed E-state index contributed by atoms with van der Waals surface area (Å²) in [7, 11) is 0. The molecule has 1 unspecified atom stereocenters. The molecular weight excluding hydrogens is 346 g/mol. The summed E-state index contributed by atoms with van der Waals surface area (Å²) in [6.45, 7) is 2.48. The van der Waals surface area contributed by atoms with Crippen LogP contribution >= 0.6 is 46.4 Å². The third kappa shape index (κ3) is 9.92. The Balaban J connectivity index is 4.16. The topological polar surface area (TPSA) is 58.2 Å². The summed E-state index contributed by atoms with van der Waals surface area (Å²) < 4.78 is 0. The Kier molecular flexibility index (Phi) is 11.8. The highest BCUT2D eigenvalue weighted by Crippen LogP contribution is 2.09. The van der Waals surface area contributed by atoms with Crippen LogP contribution in [0.2, 0.25) is 0 Å². The van der Waals surface area contributed by atoms with Crippen molar-refractivity contribution >= 4 is 58.2 Å². The van der Waals surface area contributed by atoms with Crippen molar-refractivity contribution in [2.75, 3.05) is 6.54 Å². The van der Waals surface area contributed by atoms with Crippen molar-refractivity contribution in [1.82, 2.24) is 10.6 Å². The van der Waals surface area contributed by atoms with Crippen LogP contribution in [0.25, 0.3) is 0 Å². The van der Waals surface area contributed by atoms with Crippen molar-refractivity contribution in [3.05, 3.63) is 0 Å². The highest BCUT2D eigenvalue weighted by Gasteiger charge is 2.18. The van der Waals surface area contributed by atoms with E-state index in [1.54, 1.807) is 0 Å². The minimum absolute atomic E-state index is 0.0848. The quantitative estimate of drug-likeness (QED) is 0.461. The summed E-state index contributed by atoms with van der Waals surface area (Å²) >= 11 is 21.9. The highest BCUT2D eigenvalue weighted by atomic mass is 35.5. The van der Waals surface area contributed by atoms with Gasteiger partial charge in [-0.25, -0.2) is 0 Å². The number of amides is 2. The van der Waals surface area contributed by atoms with Crippen LogP contribution in [0, 0.1) is 0 Å². The van der Waals surface area contributed by atoms with Crippen molar-refractivity contribution in [2.45, 2.75) is 54.7 Å². The third-order valence-electron chi connectivity index (χ3n) is 2.69. The van der Waals surface area contributed by atoms with Crippen LogP contribution in [0.4, 0.5) is 0 Å². The molecule has 8 heteroatoms. The molecule has 0 radical (unpaired) electrons. The zero-order valence-corrected chi connectivity index (χ0v) is 14.3. The lowest BCUT2D eigenvalue weighted by Gasteiger charge is -2.19. The van der Waals surface area contributed by atoms with Gasteiger partial charge in [-0.15, -0.1) is 0 Å². The molecule has 4 nitrogen and oxygen atoms in total. The summed E-state index contributed by atoms with van der Waals surface area (Å²) in [4.78, 5) is 20.5. The first-order chi connectivity index (χ1) is 9.38. The van der Waals surface area contributed by atoms with E-state index < -0.39 is 21.5 Å². The summed E-state index contributed by atoms with van der Waals surface area (Å²) in [6.07, 6.45) is 4.53. The maximum Gasteiger partial charge on any atom is 0.253 e. The summed E-state index contributed by atoms with van der Waals surface area (Å²) in [6, 6.07) is -0.0848. The zero-order valence-electron chi connectivity index (χ0n) is 11.3. The predicted molar refractivity (Wildman–Crippen MR) is 84.7 cm³/mol. The Bertz CT molecular complexity index is 301. The van der Waals surface area contributed by atoms with Gasteiger partial charge in [0.1, 0.15) is 0 Å². The average Bonchev–Trinajstić information content (AvgIpc) is 2.38. The van der Waals surface area contributed by atoms with Crippen LogP contribution in [0.3, 0.4) is 0 Å². The van der Waals surface area contributed by atoms with Gasteiger partial charge in [-0.3, -0.25) is 9.59 Å². The highest BCUT2D eigenvalue weighted by molar-refractivity contribution is 6.53. The molecule has 0 rings (SSSR count). The SMILES string of the molecule is CCCCCC(CCNC(=O)C(Cl)Cl)NC(=O)C(Cl)Cl. The number of hydrogen-bond acceptors (Lipinski definition) is 2. The molecule has 20 heavy (non-hydrogen) atoms. The minimum atomic E-state index is -1.09. The average molecular weight is 366 g/mol. The molecule has 0 aliphatic heterocycles. The number of carbonyl (C=O) groups is 2. The fourth-order valence-corrected chi connectivity index (χ4v) is 1.92. The molecule has 118 valence electrons. The van der Waals surface area contributed by atoms with Gasteiger partial charge in [0.25, 0.3) is 11.8 Å². The first kappa shape index (κ1) is 20.1. The van der Waals surface area contributed by atoms with E-state index in [-0.39, 0.29) is 6.04 Å². The van der Waals surface area contributed by atoms with E-state index in [1.165, 1.54) is 0 Å². The van der Waals surface area contributed by atoms with Crippen molar-refractivity contribution < 1.29 is 9.59 Å². The predicted octanol–water partition coefficient (Wildman–Crippen LogP) is 3.17. The van der Waals surface area contributed by atoms with Gasteiger partial charge in [-0.2, -0.15) is 0 Å². The molecule has 0 fully saturated rings. The smallest absolute Gasteiger partial charge is 0.253 e. The van der Waals surface area contributed by atoms with E-state index >= 15 is 0 Å². The lowest BCUT2D eigenvalue weighted by Crippen LogP contribution is -2.40. The van der Waals surface area contributed by atoms with E-state index in [1.807, 2.05) is 0 Å². The van der Waals surface area contributed by atoms with Gasteiger partial charge in [0, 0.05) is 12.6 Å². The van der Waals surface area contributed by atoms with Gasteiger partial charge >= 0.3 is 0 Å². The van der Waals surface area contributed by atoms with Crippen LogP contribution in [0.5, 0.6) is 0 Å². The monoisotopic (exact) mass is 364 g/mol. The normalized spacial score (nSPS) is 12.6. The second kappa shape index (κ2) is 11.7. The van der Waals surface area contributed by atoms with Crippen LogP contribution < -0.4 is 10.6 Å². The van der Waals surface area contributed by atoms with Crippen LogP contribution in [0.15, 0.2) is 0 Å². The minimum Gasteiger partial charge on any atom is -0.354 e. The fraction of sp³-hybridized carbons (Fsp3) is 0.833. The molecular formula is C12H20Cl4N2O2. The van der Waals surface area contributed by atoms with E-state index in [9.17, 15) is 9.59 Å². The first-order valence-electron chi connectivity index (χ1n) is 6.52. The van der Waals surface area contributed by atoms with Gasteiger partial charge in [0.05, 0.1) is 0 Å². The van der Waals surface area contributed by atoms with Crippen LogP contribution in [-0.4, -0.2) is 34.1 Å². The Morgan fingerprint density at radius 1 is 0.950 bits per heavy atom. The first-order valence-corrected chi connectivity index (χ1v) is 8.27. The molecule has 0 aromatic heterocycles. The number of hydrogen-bond donors (Lipinski definition) is 2. The molecule has 0 aromatic carbocycles. The van der Waals surface area contributed by atoms with Crippen molar-refractivity contribution in [3.63, 3.8) is 0 Å². The summed E-state index contributed by atoms with van der Waals surface area (Å²) in [5.41, 5.74) is 0. The molecule has 0 aliphatic carbocycles. The fourth-order valence-electron chi connectivity index (χ4n) is 1.64. The number of nitrogens with one attached hydrogen (secondary N) is 2. The summed E-state index contributed by atoms with van der Waals surface area (Å²) in [5.74, 6) is -0.867. The number of carbonyl (C=O) groups excluding carboxylic acids is 2. The largest absolute Gasteiger partial charge is 0.354 e. The van der Waals surface area contributed by atoms with Gasteiger partial charge in [-0.1, -0.05) is 72.6 Å². The number of alkyl halides is 4. The van der Waals surface area contributed by atoms with Crippen LogP contribution in [0.1, 0.15) is 39.0 Å². The molecule has 0 saturated heterocycles. The molecule has 0 bridgehead atoms. The lowest BCUT2D eigenvalue weighted by molar-refractivity contribution is -0.120. The number of rotatable bonds is 10. The zero-order chi connectivity index (χ0) is 15.5. The standard InChI is InChI=1S/C12H20Cl4N2O2/c1-2-3-4-5-8(18-12(20)10(15)16)6-7-17-11(19)9(13)14/h8-10H,2-7H2,1H3,(H,17,19)(H,18,20). The molecule has 2 amide bonds. The lowest BCUT2D eigenvalue weighted by atomic mass is 10.1. The Labute approximate surface area is 139 Å². The molecule has 0 aromatic rings. The Hall–Kier alpha value is 0.1000. The summed E-state index contributed by atoms with van der Waals surface area (Å²) in [5, 5.41) is 5.34. The van der Waals surface area contributed by atoms with E-state index in [0.717, 1.165) is 25.7 Å². The maximum atomic E-state index is 11.5. The molecule has 1 atom stereocenters. The van der Waals surface area contributed by atoms with Gasteiger partial charge in [0.2, 0.25) is 0 Å². The Morgan fingerprint density at radius 2 is 1.55 bits per heavy atom. The molecule has 0 heterocycles. The second-order valence-corrected chi connectivity index (χ2v) is 6.57. The second-order valence-electron chi connectivity index (χ2n) is 4.38. The molecule has 0 aliphatic rings. The maximum absolute atomic E-state index is 11.5. The molecule has 0 spiro atoms.